The van der Waals surface area contributed by atoms with Crippen molar-refractivity contribution in [2.75, 3.05) is 13.2 Å². The molecule has 0 saturated carbocycles. The number of aliphatic carboxylic acids is 1. The van der Waals surface area contributed by atoms with Crippen LogP contribution < -0.4 is 10.6 Å². The van der Waals surface area contributed by atoms with Gasteiger partial charge in [0.2, 0.25) is 18.2 Å². The molecule has 1 aliphatic heterocycles. The van der Waals surface area contributed by atoms with Gasteiger partial charge < -0.3 is 20.5 Å². The standard InChI is InChI=1S/C17H21N3O5/c21-11-18-9-5-4-8-13(17(23)24)19-15(22)14-10-25-16(20-14)12-6-2-1-3-7-12/h1-3,6-7,11,13-14H,4-5,8-10H2,(H,18,21)(H,19,22)(H,23,24)/t13-,14+/m0/s1. The lowest BCUT2D eigenvalue weighted by Gasteiger charge is -2.15. The molecule has 2 atom stereocenters. The molecule has 8 heteroatoms. The average Bonchev–Trinajstić information content (AvgIpc) is 3.11. The number of rotatable bonds is 10. The first-order valence-electron chi connectivity index (χ1n) is 8.08. The smallest absolute Gasteiger partial charge is 0.326 e. The number of nitrogens with zero attached hydrogens (tertiary/aromatic N) is 1. The van der Waals surface area contributed by atoms with E-state index in [0.29, 0.717) is 31.7 Å². The first-order valence-corrected chi connectivity index (χ1v) is 8.08. The number of unbranched alkanes of at least 4 members (excludes halogenated alkanes) is 1. The fraction of sp³-hybridized carbons (Fsp3) is 0.412. The highest BCUT2D eigenvalue weighted by Crippen LogP contribution is 2.12. The second-order valence-electron chi connectivity index (χ2n) is 5.59. The van der Waals surface area contributed by atoms with E-state index >= 15 is 0 Å². The monoisotopic (exact) mass is 347 g/mol. The maximum Gasteiger partial charge on any atom is 0.326 e. The zero-order valence-electron chi connectivity index (χ0n) is 13.7. The second-order valence-corrected chi connectivity index (χ2v) is 5.59. The van der Waals surface area contributed by atoms with Crippen molar-refractivity contribution in [1.29, 1.82) is 0 Å². The number of nitrogens with one attached hydrogen (secondary N) is 2. The molecule has 0 aliphatic carbocycles. The maximum absolute atomic E-state index is 12.3. The van der Waals surface area contributed by atoms with E-state index in [1.165, 1.54) is 0 Å². The van der Waals surface area contributed by atoms with Gasteiger partial charge in [0.15, 0.2) is 6.04 Å². The van der Waals surface area contributed by atoms with E-state index < -0.39 is 24.0 Å². The minimum absolute atomic E-state index is 0.0889. The lowest BCUT2D eigenvalue weighted by Crippen LogP contribution is -2.45. The van der Waals surface area contributed by atoms with Gasteiger partial charge in [-0.25, -0.2) is 9.79 Å². The molecule has 134 valence electrons. The van der Waals surface area contributed by atoms with Gasteiger partial charge in [-0.05, 0) is 31.4 Å². The van der Waals surface area contributed by atoms with Crippen LogP contribution in [0.15, 0.2) is 35.3 Å². The van der Waals surface area contributed by atoms with E-state index in [2.05, 4.69) is 15.6 Å². The van der Waals surface area contributed by atoms with Crippen molar-refractivity contribution in [3.05, 3.63) is 35.9 Å². The first-order chi connectivity index (χ1) is 12.1. The van der Waals surface area contributed by atoms with Crippen molar-refractivity contribution in [3.8, 4) is 0 Å². The molecule has 2 rings (SSSR count). The topological polar surface area (TPSA) is 117 Å². The Morgan fingerprint density at radius 1 is 1.32 bits per heavy atom. The third kappa shape index (κ3) is 5.59. The van der Waals surface area contributed by atoms with Crippen LogP contribution in [-0.4, -0.2) is 54.5 Å². The highest BCUT2D eigenvalue weighted by molar-refractivity contribution is 5.98. The summed E-state index contributed by atoms with van der Waals surface area (Å²) in [6.07, 6.45) is 2.09. The van der Waals surface area contributed by atoms with Crippen LogP contribution in [0.25, 0.3) is 0 Å². The molecule has 1 aliphatic rings. The number of hydrogen-bond donors (Lipinski definition) is 3. The predicted octanol–water partition coefficient (Wildman–Crippen LogP) is 0.318. The van der Waals surface area contributed by atoms with Crippen LogP contribution in [0.3, 0.4) is 0 Å². The Morgan fingerprint density at radius 2 is 2.08 bits per heavy atom. The number of ether oxygens (including phenoxy) is 1. The molecule has 3 N–H and O–H groups in total. The number of hydrogen-bond acceptors (Lipinski definition) is 5. The molecular formula is C17H21N3O5. The normalized spacial score (nSPS) is 17.1. The van der Waals surface area contributed by atoms with Gasteiger partial charge in [0.05, 0.1) is 0 Å². The van der Waals surface area contributed by atoms with Crippen molar-refractivity contribution in [2.45, 2.75) is 31.3 Å². The minimum Gasteiger partial charge on any atom is -0.480 e. The lowest BCUT2D eigenvalue weighted by atomic mass is 10.1. The van der Waals surface area contributed by atoms with E-state index in [-0.39, 0.29) is 13.0 Å². The molecule has 0 unspecified atom stereocenters. The zero-order valence-corrected chi connectivity index (χ0v) is 13.7. The minimum atomic E-state index is -1.09. The van der Waals surface area contributed by atoms with Crippen LogP contribution in [0.1, 0.15) is 24.8 Å². The number of aliphatic imine (C=N–C) groups is 1. The summed E-state index contributed by atoms with van der Waals surface area (Å²) >= 11 is 0. The molecule has 8 nitrogen and oxygen atoms in total. The number of carboxylic acid groups (broad SMARTS) is 1. The summed E-state index contributed by atoms with van der Waals surface area (Å²) in [6.45, 7) is 0.566. The molecule has 2 amide bonds. The van der Waals surface area contributed by atoms with Gasteiger partial charge in [-0.1, -0.05) is 18.2 Å². The molecule has 25 heavy (non-hydrogen) atoms. The highest BCUT2D eigenvalue weighted by Gasteiger charge is 2.29. The third-order valence-corrected chi connectivity index (χ3v) is 3.74. The predicted molar refractivity (Wildman–Crippen MR) is 90.2 cm³/mol. The van der Waals surface area contributed by atoms with E-state index in [0.717, 1.165) is 5.56 Å². The van der Waals surface area contributed by atoms with Gasteiger partial charge in [-0.2, -0.15) is 0 Å². The van der Waals surface area contributed by atoms with E-state index in [9.17, 15) is 19.5 Å². The van der Waals surface area contributed by atoms with E-state index in [4.69, 9.17) is 4.74 Å². The number of amides is 2. The van der Waals surface area contributed by atoms with Gasteiger partial charge in [-0.3, -0.25) is 9.59 Å². The second kappa shape index (κ2) is 9.41. The van der Waals surface area contributed by atoms with Gasteiger partial charge in [0, 0.05) is 12.1 Å². The molecule has 0 saturated heterocycles. The Morgan fingerprint density at radius 3 is 2.76 bits per heavy atom. The highest BCUT2D eigenvalue weighted by atomic mass is 16.5. The Balaban J connectivity index is 1.87. The van der Waals surface area contributed by atoms with Gasteiger partial charge in [0.1, 0.15) is 12.6 Å². The van der Waals surface area contributed by atoms with Crippen molar-refractivity contribution in [3.63, 3.8) is 0 Å². The van der Waals surface area contributed by atoms with Crippen molar-refractivity contribution >= 4 is 24.2 Å². The van der Waals surface area contributed by atoms with Gasteiger partial charge in [-0.15, -0.1) is 0 Å². The number of carbonyl (C=O) groups is 3. The summed E-state index contributed by atoms with van der Waals surface area (Å²) in [5.41, 5.74) is 0.773. The number of benzene rings is 1. The molecule has 1 heterocycles. The Kier molecular flexibility index (Phi) is 6.94. The van der Waals surface area contributed by atoms with Crippen LogP contribution in [0.5, 0.6) is 0 Å². The quantitative estimate of drug-likeness (QED) is 0.416. The molecule has 0 radical (unpaired) electrons. The fourth-order valence-electron chi connectivity index (χ4n) is 2.41. The number of carboxylic acids is 1. The summed E-state index contributed by atoms with van der Waals surface area (Å²) in [5, 5.41) is 14.3. The average molecular weight is 347 g/mol. The summed E-state index contributed by atoms with van der Waals surface area (Å²) in [4.78, 5) is 37.9. The van der Waals surface area contributed by atoms with Crippen LogP contribution in [-0.2, 0) is 19.1 Å². The Labute approximate surface area is 145 Å². The molecule has 0 fully saturated rings. The fourth-order valence-corrected chi connectivity index (χ4v) is 2.41. The van der Waals surface area contributed by atoms with E-state index in [1.807, 2.05) is 30.3 Å². The summed E-state index contributed by atoms with van der Waals surface area (Å²) in [7, 11) is 0. The van der Waals surface area contributed by atoms with Crippen LogP contribution in [0, 0.1) is 0 Å². The summed E-state index contributed by atoms with van der Waals surface area (Å²) in [6, 6.07) is 7.46. The van der Waals surface area contributed by atoms with Crippen molar-refractivity contribution < 1.29 is 24.2 Å². The third-order valence-electron chi connectivity index (χ3n) is 3.74. The maximum atomic E-state index is 12.3. The SMILES string of the molecule is O=CNCCCC[C@H](NC(=O)[C@H]1COC(c2ccccc2)=N1)C(=O)O. The van der Waals surface area contributed by atoms with Crippen molar-refractivity contribution in [2.24, 2.45) is 4.99 Å². The number of carbonyl (C=O) groups excluding carboxylic acids is 2. The van der Waals surface area contributed by atoms with Crippen molar-refractivity contribution in [1.82, 2.24) is 10.6 Å². The van der Waals surface area contributed by atoms with Crippen LogP contribution >= 0.6 is 0 Å². The zero-order chi connectivity index (χ0) is 18.1. The molecule has 0 spiro atoms. The summed E-state index contributed by atoms with van der Waals surface area (Å²) < 4.78 is 5.44. The molecule has 1 aromatic rings. The molecule has 0 aromatic heterocycles. The van der Waals surface area contributed by atoms with Gasteiger partial charge >= 0.3 is 5.97 Å². The first kappa shape index (κ1) is 18.4. The summed E-state index contributed by atoms with van der Waals surface area (Å²) in [5.74, 6) is -1.18. The van der Waals surface area contributed by atoms with Crippen LogP contribution in [0.2, 0.25) is 0 Å². The lowest BCUT2D eigenvalue weighted by molar-refractivity contribution is -0.142. The van der Waals surface area contributed by atoms with E-state index in [1.54, 1.807) is 0 Å². The largest absolute Gasteiger partial charge is 0.480 e. The Hall–Kier alpha value is -2.90. The van der Waals surface area contributed by atoms with Gasteiger partial charge in [0.25, 0.3) is 0 Å². The Bertz CT molecular complexity index is 632. The molecule has 0 bridgehead atoms. The molecule has 1 aromatic carbocycles. The molecular weight excluding hydrogens is 326 g/mol. The van der Waals surface area contributed by atoms with Crippen LogP contribution in [0.4, 0.5) is 0 Å².